The number of aromatic nitrogens is 3. The summed E-state index contributed by atoms with van der Waals surface area (Å²) < 4.78 is 38.3. The lowest BCUT2D eigenvalue weighted by atomic mass is 10.3. The number of thiophene rings is 1. The molecule has 1 N–H and O–H groups in total. The van der Waals surface area contributed by atoms with E-state index >= 15 is 0 Å². The number of thioether (sulfide) groups is 1. The van der Waals surface area contributed by atoms with Crippen LogP contribution in [0.1, 0.15) is 10.7 Å². The first-order valence-electron chi connectivity index (χ1n) is 5.66. The van der Waals surface area contributed by atoms with Crippen LogP contribution in [0.4, 0.5) is 13.2 Å². The summed E-state index contributed by atoms with van der Waals surface area (Å²) in [4.78, 5) is 1.10. The van der Waals surface area contributed by atoms with Gasteiger partial charge in [0.2, 0.25) is 0 Å². The second kappa shape index (κ2) is 6.15. The lowest BCUT2D eigenvalue weighted by molar-refractivity contribution is -0.195. The van der Waals surface area contributed by atoms with E-state index in [0.717, 1.165) is 16.6 Å². The monoisotopic (exact) mass is 323 g/mol. The molecule has 0 aliphatic rings. The standard InChI is InChI=1S/C11H12F3N3OS2/c1-17-9(5-7-3-2-4-19-7)15-16-10(17)20-6-8(18)11(12,13)14/h2-4,8,18H,5-6H2,1H3/t8-/m1/s1. The predicted molar refractivity (Wildman–Crippen MR) is 70.9 cm³/mol. The minimum absolute atomic E-state index is 0.361. The van der Waals surface area contributed by atoms with Crippen LogP contribution < -0.4 is 0 Å². The van der Waals surface area contributed by atoms with E-state index < -0.39 is 18.0 Å². The molecule has 0 spiro atoms. The number of hydrogen-bond acceptors (Lipinski definition) is 5. The van der Waals surface area contributed by atoms with Crippen LogP contribution in [0.5, 0.6) is 0 Å². The number of halogens is 3. The average molecular weight is 323 g/mol. The summed E-state index contributed by atoms with van der Waals surface area (Å²) in [5.41, 5.74) is 0. The molecule has 4 nitrogen and oxygen atoms in total. The highest BCUT2D eigenvalue weighted by Crippen LogP contribution is 2.26. The normalized spacial score (nSPS) is 13.7. The molecule has 0 unspecified atom stereocenters. The van der Waals surface area contributed by atoms with E-state index in [4.69, 9.17) is 5.11 Å². The Morgan fingerprint density at radius 3 is 2.80 bits per heavy atom. The average Bonchev–Trinajstić information content (AvgIpc) is 2.98. The van der Waals surface area contributed by atoms with Crippen molar-refractivity contribution in [2.24, 2.45) is 7.05 Å². The third kappa shape index (κ3) is 3.74. The molecule has 0 bridgehead atoms. The summed E-state index contributed by atoms with van der Waals surface area (Å²) in [6.07, 6.45) is -6.38. The highest BCUT2D eigenvalue weighted by Gasteiger charge is 2.38. The number of alkyl halides is 3. The Morgan fingerprint density at radius 2 is 2.20 bits per heavy atom. The van der Waals surface area contributed by atoms with Gasteiger partial charge in [-0.25, -0.2) is 0 Å². The highest BCUT2D eigenvalue weighted by molar-refractivity contribution is 7.99. The molecular weight excluding hydrogens is 311 g/mol. The van der Waals surface area contributed by atoms with Gasteiger partial charge in [0.05, 0.1) is 0 Å². The minimum Gasteiger partial charge on any atom is -0.383 e. The fraction of sp³-hybridized carbons (Fsp3) is 0.455. The van der Waals surface area contributed by atoms with Crippen LogP contribution in [0.15, 0.2) is 22.7 Å². The van der Waals surface area contributed by atoms with E-state index in [0.29, 0.717) is 17.4 Å². The Morgan fingerprint density at radius 1 is 1.45 bits per heavy atom. The summed E-state index contributed by atoms with van der Waals surface area (Å²) in [6, 6.07) is 3.88. The van der Waals surface area contributed by atoms with Crippen LogP contribution in [0.25, 0.3) is 0 Å². The Bertz CT molecular complexity index is 554. The van der Waals surface area contributed by atoms with Crippen LogP contribution in [-0.2, 0) is 13.5 Å². The molecule has 2 heterocycles. The van der Waals surface area contributed by atoms with E-state index in [1.54, 1.807) is 23.0 Å². The zero-order chi connectivity index (χ0) is 14.8. The highest BCUT2D eigenvalue weighted by atomic mass is 32.2. The molecule has 9 heteroatoms. The topological polar surface area (TPSA) is 50.9 Å². The maximum atomic E-state index is 12.2. The fourth-order valence-corrected chi connectivity index (χ4v) is 3.04. The number of aliphatic hydroxyl groups is 1. The predicted octanol–water partition coefficient (Wildman–Crippen LogP) is 2.48. The molecule has 2 rings (SSSR count). The SMILES string of the molecule is Cn1c(Cc2cccs2)nnc1SC[C@@H](O)C(F)(F)F. The lowest BCUT2D eigenvalue weighted by Gasteiger charge is -2.13. The Balaban J connectivity index is 1.98. The van der Waals surface area contributed by atoms with Gasteiger partial charge in [-0.05, 0) is 11.4 Å². The molecule has 0 aliphatic heterocycles. The van der Waals surface area contributed by atoms with Gasteiger partial charge in [0.1, 0.15) is 5.82 Å². The molecule has 2 aromatic rings. The van der Waals surface area contributed by atoms with Crippen molar-refractivity contribution in [1.82, 2.24) is 14.8 Å². The maximum Gasteiger partial charge on any atom is 0.415 e. The Kier molecular flexibility index (Phi) is 4.71. The van der Waals surface area contributed by atoms with Crippen molar-refractivity contribution < 1.29 is 18.3 Å². The van der Waals surface area contributed by atoms with Crippen molar-refractivity contribution >= 4 is 23.1 Å². The van der Waals surface area contributed by atoms with Crippen LogP contribution in [0, 0.1) is 0 Å². The van der Waals surface area contributed by atoms with E-state index in [-0.39, 0.29) is 0 Å². The molecular formula is C11H12F3N3OS2. The summed E-state index contributed by atoms with van der Waals surface area (Å²) in [6.45, 7) is 0. The molecule has 0 aromatic carbocycles. The number of aliphatic hydroxyl groups excluding tert-OH is 1. The van der Waals surface area contributed by atoms with Gasteiger partial charge in [-0.1, -0.05) is 17.8 Å². The quantitative estimate of drug-likeness (QED) is 0.859. The fourth-order valence-electron chi connectivity index (χ4n) is 1.44. The van der Waals surface area contributed by atoms with Gasteiger partial charge in [0.15, 0.2) is 11.3 Å². The number of hydrogen-bond donors (Lipinski definition) is 1. The number of rotatable bonds is 5. The first-order chi connectivity index (χ1) is 9.38. The minimum atomic E-state index is -4.61. The lowest BCUT2D eigenvalue weighted by Crippen LogP contribution is -2.30. The zero-order valence-electron chi connectivity index (χ0n) is 10.5. The molecule has 110 valence electrons. The van der Waals surface area contributed by atoms with E-state index in [1.807, 2.05) is 17.5 Å². The first-order valence-corrected chi connectivity index (χ1v) is 7.52. The van der Waals surface area contributed by atoms with E-state index in [9.17, 15) is 13.2 Å². The molecule has 1 atom stereocenters. The van der Waals surface area contributed by atoms with E-state index in [1.165, 1.54) is 0 Å². The molecule has 2 aromatic heterocycles. The van der Waals surface area contributed by atoms with E-state index in [2.05, 4.69) is 10.2 Å². The number of nitrogens with zero attached hydrogens (tertiary/aromatic N) is 3. The van der Waals surface area contributed by atoms with Crippen molar-refractivity contribution in [2.45, 2.75) is 23.9 Å². The summed E-state index contributed by atoms with van der Waals surface area (Å²) >= 11 is 2.42. The maximum absolute atomic E-state index is 12.2. The van der Waals surface area contributed by atoms with Gasteiger partial charge < -0.3 is 9.67 Å². The molecule has 0 saturated carbocycles. The van der Waals surface area contributed by atoms with Crippen LogP contribution in [0.2, 0.25) is 0 Å². The first kappa shape index (κ1) is 15.3. The van der Waals surface area contributed by atoms with Gasteiger partial charge in [-0.3, -0.25) is 0 Å². The van der Waals surface area contributed by atoms with Crippen molar-refractivity contribution in [3.8, 4) is 0 Å². The molecule has 20 heavy (non-hydrogen) atoms. The third-order valence-electron chi connectivity index (χ3n) is 2.59. The smallest absolute Gasteiger partial charge is 0.383 e. The molecule has 0 aliphatic carbocycles. The largest absolute Gasteiger partial charge is 0.415 e. The van der Waals surface area contributed by atoms with Gasteiger partial charge in [-0.2, -0.15) is 13.2 Å². The molecule has 0 radical (unpaired) electrons. The van der Waals surface area contributed by atoms with Gasteiger partial charge >= 0.3 is 6.18 Å². The zero-order valence-corrected chi connectivity index (χ0v) is 12.1. The van der Waals surface area contributed by atoms with Gasteiger partial charge in [-0.15, -0.1) is 21.5 Å². The Hall–Kier alpha value is -1.06. The van der Waals surface area contributed by atoms with Crippen molar-refractivity contribution in [3.05, 3.63) is 28.2 Å². The molecule has 0 fully saturated rings. The van der Waals surface area contributed by atoms with Crippen molar-refractivity contribution in [1.29, 1.82) is 0 Å². The van der Waals surface area contributed by atoms with Crippen LogP contribution in [0.3, 0.4) is 0 Å². The second-order valence-electron chi connectivity index (χ2n) is 4.08. The van der Waals surface area contributed by atoms with Crippen LogP contribution in [-0.4, -0.2) is 37.9 Å². The summed E-state index contributed by atoms with van der Waals surface area (Å²) in [5, 5.41) is 19.1. The molecule has 0 amide bonds. The van der Waals surface area contributed by atoms with Gasteiger partial charge in [0.25, 0.3) is 0 Å². The van der Waals surface area contributed by atoms with Crippen molar-refractivity contribution in [3.63, 3.8) is 0 Å². The third-order valence-corrected chi connectivity index (χ3v) is 4.56. The van der Waals surface area contributed by atoms with Crippen molar-refractivity contribution in [2.75, 3.05) is 5.75 Å². The molecule has 0 saturated heterocycles. The second-order valence-corrected chi connectivity index (χ2v) is 6.10. The summed E-state index contributed by atoms with van der Waals surface area (Å²) in [5.74, 6) is 0.186. The van der Waals surface area contributed by atoms with Gasteiger partial charge in [0, 0.05) is 24.1 Å². The summed E-state index contributed by atoms with van der Waals surface area (Å²) in [7, 11) is 1.70. The Labute approximate surface area is 121 Å². The van der Waals surface area contributed by atoms with Crippen LogP contribution >= 0.6 is 23.1 Å².